The lowest BCUT2D eigenvalue weighted by Gasteiger charge is -2.45. The summed E-state index contributed by atoms with van der Waals surface area (Å²) in [5.74, 6) is 2.03. The number of nitrogens with one attached hydrogen (secondary N) is 2. The highest BCUT2D eigenvalue weighted by atomic mass is 32.2. The Bertz CT molecular complexity index is 764. The highest BCUT2D eigenvalue weighted by molar-refractivity contribution is 7.99. The fourth-order valence-electron chi connectivity index (χ4n) is 6.29. The first kappa shape index (κ1) is 27.4. The Kier molecular flexibility index (Phi) is 8.89. The summed E-state index contributed by atoms with van der Waals surface area (Å²) >= 11 is 1.38. The molecule has 5 N–H and O–H groups in total. The van der Waals surface area contributed by atoms with Crippen LogP contribution in [0.25, 0.3) is 0 Å². The number of fused-ring (bicyclic) bond motifs is 3. The van der Waals surface area contributed by atoms with Crippen LogP contribution in [0, 0.1) is 23.2 Å². The Balaban J connectivity index is 1.50. The van der Waals surface area contributed by atoms with Gasteiger partial charge in [0.05, 0.1) is 12.1 Å². The van der Waals surface area contributed by atoms with Crippen molar-refractivity contribution in [2.45, 2.75) is 101 Å². The van der Waals surface area contributed by atoms with Crippen LogP contribution >= 0.6 is 11.8 Å². The molecule has 0 radical (unpaired) electrons. The minimum atomic E-state index is -1.34. The van der Waals surface area contributed by atoms with Gasteiger partial charge >= 0.3 is 0 Å². The van der Waals surface area contributed by atoms with Crippen LogP contribution < -0.4 is 10.6 Å². The number of allylic oxidation sites excluding steroid dienone is 1. The standard InChI is InChI=1S/C26H44N2O6S/c1-14(2)10-15-6-8-33-22-16(11-15)13-27-18(22)24(32)28-17-12-26(3,4)7-5-9-35-25-21(31)19(29)20(30)23(17)34-25/h5,7,14-23,25,27,29-31H,6,8-13H2,1-4H3,(H,28,32)/b7-5-/t15-,16-,17+,18-,19-,20+,21+,22+,23+,25+/m0/s1. The highest BCUT2D eigenvalue weighted by Crippen LogP contribution is 2.37. The maximum atomic E-state index is 13.6. The number of hydrogen-bond donors (Lipinski definition) is 5. The van der Waals surface area contributed by atoms with Crippen LogP contribution in [0.4, 0.5) is 0 Å². The fourth-order valence-corrected chi connectivity index (χ4v) is 7.25. The first-order valence-corrected chi connectivity index (χ1v) is 14.2. The second-order valence-electron chi connectivity index (χ2n) is 12.0. The fraction of sp³-hybridized carbons (Fsp3) is 0.885. The summed E-state index contributed by atoms with van der Waals surface area (Å²) in [6.45, 7) is 10.1. The number of aliphatic hydroxyl groups is 3. The molecular formula is C26H44N2O6S. The van der Waals surface area contributed by atoms with Gasteiger partial charge in [-0.05, 0) is 48.9 Å². The molecule has 10 atom stereocenters. The van der Waals surface area contributed by atoms with Gasteiger partial charge in [-0.15, -0.1) is 11.8 Å². The Morgan fingerprint density at radius 1 is 1.20 bits per heavy atom. The Morgan fingerprint density at radius 3 is 2.71 bits per heavy atom. The topological polar surface area (TPSA) is 120 Å². The zero-order valence-corrected chi connectivity index (χ0v) is 22.2. The van der Waals surface area contributed by atoms with E-state index in [4.69, 9.17) is 9.47 Å². The number of ether oxygens (including phenoxy) is 2. The minimum absolute atomic E-state index is 0.165. The molecule has 4 aliphatic heterocycles. The smallest absolute Gasteiger partial charge is 0.240 e. The normalized spacial score (nSPS) is 44.8. The van der Waals surface area contributed by atoms with E-state index in [1.54, 1.807) is 0 Å². The Morgan fingerprint density at radius 2 is 1.97 bits per heavy atom. The zero-order chi connectivity index (χ0) is 25.3. The van der Waals surface area contributed by atoms with Crippen molar-refractivity contribution in [3.63, 3.8) is 0 Å². The number of rotatable bonds is 4. The van der Waals surface area contributed by atoms with Crippen molar-refractivity contribution in [2.24, 2.45) is 23.2 Å². The third-order valence-electron chi connectivity index (χ3n) is 7.96. The van der Waals surface area contributed by atoms with Crippen LogP contribution in [0.1, 0.15) is 53.4 Å². The third kappa shape index (κ3) is 6.43. The SMILES string of the molecule is CC(C)C[C@@H]1CCO[C@@H]2[C@H](CN[C@@H]2C(=O)N[C@@H]2CC(C)(C)/C=C\CS[C@H]3O[C@H]2[C@H](O)[C@H](O)[C@H]3O)C1. The number of amides is 1. The molecule has 3 fully saturated rings. The second kappa shape index (κ2) is 11.4. The molecule has 1 amide bonds. The van der Waals surface area contributed by atoms with E-state index < -0.39 is 41.9 Å². The monoisotopic (exact) mass is 512 g/mol. The molecule has 0 unspecified atom stereocenters. The molecule has 0 spiro atoms. The molecule has 0 aliphatic carbocycles. The molecular weight excluding hydrogens is 468 g/mol. The lowest BCUT2D eigenvalue weighted by atomic mass is 9.81. The molecule has 4 heterocycles. The quantitative estimate of drug-likeness (QED) is 0.359. The maximum Gasteiger partial charge on any atom is 0.240 e. The minimum Gasteiger partial charge on any atom is -0.388 e. The van der Waals surface area contributed by atoms with Gasteiger partial charge in [-0.3, -0.25) is 4.79 Å². The van der Waals surface area contributed by atoms with Gasteiger partial charge in [-0.2, -0.15) is 0 Å². The third-order valence-corrected chi connectivity index (χ3v) is 9.06. The van der Waals surface area contributed by atoms with E-state index in [1.165, 1.54) is 18.2 Å². The molecule has 4 rings (SSSR count). The van der Waals surface area contributed by atoms with Crippen molar-refractivity contribution in [2.75, 3.05) is 18.9 Å². The molecule has 9 heteroatoms. The number of carbonyl (C=O) groups excluding carboxylic acids is 1. The summed E-state index contributed by atoms with van der Waals surface area (Å²) in [4.78, 5) is 13.6. The lowest BCUT2D eigenvalue weighted by molar-refractivity contribution is -0.206. The van der Waals surface area contributed by atoms with Gasteiger partial charge in [0, 0.05) is 18.9 Å². The van der Waals surface area contributed by atoms with E-state index in [0.717, 1.165) is 19.4 Å². The number of thioether (sulfide) groups is 1. The van der Waals surface area contributed by atoms with Crippen molar-refractivity contribution in [1.82, 2.24) is 10.6 Å². The van der Waals surface area contributed by atoms with Crippen LogP contribution in [-0.2, 0) is 14.3 Å². The molecule has 3 saturated heterocycles. The van der Waals surface area contributed by atoms with Crippen molar-refractivity contribution in [3.05, 3.63) is 12.2 Å². The summed E-state index contributed by atoms with van der Waals surface area (Å²) in [5, 5.41) is 38.3. The molecule has 8 nitrogen and oxygen atoms in total. The van der Waals surface area contributed by atoms with Crippen LogP contribution in [0.3, 0.4) is 0 Å². The average Bonchev–Trinajstić information content (AvgIpc) is 3.07. The summed E-state index contributed by atoms with van der Waals surface area (Å²) in [5.41, 5.74) is -0.940. The first-order chi connectivity index (χ1) is 16.6. The number of hydrogen-bond acceptors (Lipinski definition) is 8. The van der Waals surface area contributed by atoms with E-state index in [1.807, 2.05) is 6.08 Å². The van der Waals surface area contributed by atoms with Gasteiger partial charge in [-0.1, -0.05) is 39.8 Å². The van der Waals surface area contributed by atoms with Gasteiger partial charge in [0.1, 0.15) is 35.9 Å². The molecule has 2 bridgehead atoms. The van der Waals surface area contributed by atoms with Gasteiger partial charge < -0.3 is 35.4 Å². The largest absolute Gasteiger partial charge is 0.388 e. The van der Waals surface area contributed by atoms with E-state index >= 15 is 0 Å². The summed E-state index contributed by atoms with van der Waals surface area (Å²) in [6, 6.07) is -1.01. The summed E-state index contributed by atoms with van der Waals surface area (Å²) in [7, 11) is 0. The molecule has 35 heavy (non-hydrogen) atoms. The molecule has 0 aromatic rings. The number of aliphatic hydroxyl groups excluding tert-OH is 3. The Hall–Kier alpha value is -0.680. The summed E-state index contributed by atoms with van der Waals surface area (Å²) in [6.07, 6.45) is 3.10. The van der Waals surface area contributed by atoms with Crippen LogP contribution in [0.5, 0.6) is 0 Å². The molecule has 0 aromatic heterocycles. The van der Waals surface area contributed by atoms with Crippen molar-refractivity contribution >= 4 is 17.7 Å². The molecule has 0 aromatic carbocycles. The van der Waals surface area contributed by atoms with Crippen LogP contribution in [-0.4, -0.2) is 88.2 Å². The molecule has 0 saturated carbocycles. The van der Waals surface area contributed by atoms with Crippen LogP contribution in [0.2, 0.25) is 0 Å². The van der Waals surface area contributed by atoms with E-state index in [0.29, 0.717) is 36.5 Å². The average molecular weight is 513 g/mol. The maximum absolute atomic E-state index is 13.6. The van der Waals surface area contributed by atoms with Crippen molar-refractivity contribution < 1.29 is 29.6 Å². The van der Waals surface area contributed by atoms with Gasteiger partial charge in [0.15, 0.2) is 0 Å². The Labute approximate surface area is 213 Å². The van der Waals surface area contributed by atoms with Gasteiger partial charge in [0.25, 0.3) is 0 Å². The lowest BCUT2D eigenvalue weighted by Crippen LogP contribution is -2.64. The van der Waals surface area contributed by atoms with Crippen molar-refractivity contribution in [1.29, 1.82) is 0 Å². The highest BCUT2D eigenvalue weighted by Gasteiger charge is 2.49. The van der Waals surface area contributed by atoms with Crippen LogP contribution in [0.15, 0.2) is 12.2 Å². The van der Waals surface area contributed by atoms with Crippen molar-refractivity contribution in [3.8, 4) is 0 Å². The molecule has 4 aliphatic rings. The predicted octanol–water partition coefficient (Wildman–Crippen LogP) is 1.43. The van der Waals surface area contributed by atoms with E-state index in [2.05, 4.69) is 44.4 Å². The first-order valence-electron chi connectivity index (χ1n) is 13.2. The van der Waals surface area contributed by atoms with E-state index in [-0.39, 0.29) is 17.4 Å². The van der Waals surface area contributed by atoms with Gasteiger partial charge in [-0.25, -0.2) is 0 Å². The molecule has 200 valence electrons. The van der Waals surface area contributed by atoms with E-state index in [9.17, 15) is 20.1 Å². The zero-order valence-electron chi connectivity index (χ0n) is 21.4. The van der Waals surface area contributed by atoms with Gasteiger partial charge in [0.2, 0.25) is 5.91 Å². The summed E-state index contributed by atoms with van der Waals surface area (Å²) < 4.78 is 12.3. The predicted molar refractivity (Wildman–Crippen MR) is 136 cm³/mol. The number of carbonyl (C=O) groups is 1. The second-order valence-corrected chi connectivity index (χ2v) is 13.1.